The van der Waals surface area contributed by atoms with Crippen LogP contribution >= 0.6 is 22.6 Å². The molecule has 46 heavy (non-hydrogen) atoms. The van der Waals surface area contributed by atoms with E-state index in [-0.39, 0.29) is 6.10 Å². The van der Waals surface area contributed by atoms with Crippen LogP contribution < -0.4 is 19.1 Å². The molecule has 0 bridgehead atoms. The van der Waals surface area contributed by atoms with Crippen LogP contribution in [0.2, 0.25) is 0 Å². The third-order valence-corrected chi connectivity index (χ3v) is 11.2. The van der Waals surface area contributed by atoms with Crippen molar-refractivity contribution < 1.29 is 14.2 Å². The number of anilines is 1. The Bertz CT molecular complexity index is 1440. The molecule has 1 saturated carbocycles. The molecular weight excluding hydrogens is 683 g/mol. The SMILES string of the molecule is Ic1ccc(OCCC2CCCCN2c2ccc3c(c2)OC(c2ccc(OCCN4CCCCC4)cc2)C=C3C2CCCC2)cc1. The molecule has 6 heteroatoms. The van der Waals surface area contributed by atoms with E-state index in [9.17, 15) is 0 Å². The molecule has 0 aromatic heterocycles. The van der Waals surface area contributed by atoms with E-state index in [0.29, 0.717) is 12.0 Å². The van der Waals surface area contributed by atoms with E-state index >= 15 is 0 Å². The number of piperidine rings is 2. The van der Waals surface area contributed by atoms with Crippen LogP contribution in [0.25, 0.3) is 5.57 Å². The molecule has 2 saturated heterocycles. The predicted octanol–water partition coefficient (Wildman–Crippen LogP) is 9.69. The van der Waals surface area contributed by atoms with Crippen molar-refractivity contribution in [2.24, 2.45) is 5.92 Å². The molecule has 2 unspecified atom stereocenters. The fourth-order valence-corrected chi connectivity index (χ4v) is 8.28. The normalized spacial score (nSPS) is 22.2. The van der Waals surface area contributed by atoms with Crippen molar-refractivity contribution in [3.63, 3.8) is 0 Å². The van der Waals surface area contributed by atoms with Gasteiger partial charge in [-0.05, 0) is 152 Å². The second kappa shape index (κ2) is 15.5. The Morgan fingerprint density at radius 1 is 0.717 bits per heavy atom. The van der Waals surface area contributed by atoms with Gasteiger partial charge in [-0.1, -0.05) is 31.4 Å². The Morgan fingerprint density at radius 2 is 1.41 bits per heavy atom. The number of halogens is 1. The summed E-state index contributed by atoms with van der Waals surface area (Å²) < 4.78 is 20.4. The number of nitrogens with zero attached hydrogens (tertiary/aromatic N) is 2. The minimum Gasteiger partial charge on any atom is -0.494 e. The van der Waals surface area contributed by atoms with Crippen LogP contribution in [0.3, 0.4) is 0 Å². The van der Waals surface area contributed by atoms with Crippen LogP contribution in [0.4, 0.5) is 5.69 Å². The van der Waals surface area contributed by atoms with E-state index in [1.54, 1.807) is 0 Å². The summed E-state index contributed by atoms with van der Waals surface area (Å²) in [5.74, 6) is 3.56. The molecule has 4 aliphatic rings. The van der Waals surface area contributed by atoms with E-state index in [1.807, 2.05) is 0 Å². The monoisotopic (exact) mass is 732 g/mol. The van der Waals surface area contributed by atoms with Gasteiger partial charge in [-0.2, -0.15) is 0 Å². The van der Waals surface area contributed by atoms with Gasteiger partial charge in [0.25, 0.3) is 0 Å². The number of likely N-dealkylation sites (tertiary alicyclic amines) is 1. The Balaban J connectivity index is 1.05. The van der Waals surface area contributed by atoms with Gasteiger partial charge in [-0.15, -0.1) is 0 Å². The fourth-order valence-electron chi connectivity index (χ4n) is 7.92. The van der Waals surface area contributed by atoms with Gasteiger partial charge >= 0.3 is 0 Å². The minimum absolute atomic E-state index is 0.0831. The van der Waals surface area contributed by atoms with Crippen molar-refractivity contribution in [1.82, 2.24) is 4.90 Å². The largest absolute Gasteiger partial charge is 0.494 e. The summed E-state index contributed by atoms with van der Waals surface area (Å²) in [6, 6.07) is 24.5. The average molecular weight is 733 g/mol. The number of hydrogen-bond acceptors (Lipinski definition) is 5. The van der Waals surface area contributed by atoms with Crippen molar-refractivity contribution in [3.8, 4) is 17.2 Å². The number of rotatable bonds is 11. The Labute approximate surface area is 289 Å². The molecule has 0 radical (unpaired) electrons. The van der Waals surface area contributed by atoms with Gasteiger partial charge < -0.3 is 19.1 Å². The fraction of sp³-hybridized carbons (Fsp3) is 0.500. The summed E-state index contributed by atoms with van der Waals surface area (Å²) in [6.07, 6.45) is 16.3. The van der Waals surface area contributed by atoms with Crippen LogP contribution in [0.5, 0.6) is 17.2 Å². The summed E-state index contributed by atoms with van der Waals surface area (Å²) >= 11 is 2.34. The molecular formula is C40H49IN2O3. The maximum atomic E-state index is 6.85. The number of hydrogen-bond donors (Lipinski definition) is 0. The zero-order valence-electron chi connectivity index (χ0n) is 27.2. The van der Waals surface area contributed by atoms with Gasteiger partial charge in [0.05, 0.1) is 6.61 Å². The van der Waals surface area contributed by atoms with E-state index in [1.165, 1.54) is 103 Å². The summed E-state index contributed by atoms with van der Waals surface area (Å²) in [7, 11) is 0. The first kappa shape index (κ1) is 31.9. The Morgan fingerprint density at radius 3 is 2.20 bits per heavy atom. The lowest BCUT2D eigenvalue weighted by molar-refractivity contribution is 0.183. The molecule has 3 aliphatic heterocycles. The lowest BCUT2D eigenvalue weighted by Gasteiger charge is -2.38. The number of fused-ring (bicyclic) bond motifs is 1. The number of allylic oxidation sites excluding steroid dienone is 1. The van der Waals surface area contributed by atoms with Gasteiger partial charge in [0, 0.05) is 46.4 Å². The molecule has 244 valence electrons. The van der Waals surface area contributed by atoms with E-state index < -0.39 is 0 Å². The number of benzene rings is 3. The standard InChI is InChI=1S/C40H49IN2O3/c41-32-13-18-36(19-14-32)44-26-21-33-10-4-7-24-43(33)34-15-20-37-38(30-8-2-3-9-30)29-39(46-40(37)28-34)31-11-16-35(17-12-31)45-27-25-42-22-5-1-6-23-42/h11-20,28-30,33,39H,1-10,21-27H2. The van der Waals surface area contributed by atoms with Crippen LogP contribution in [0, 0.1) is 9.49 Å². The maximum Gasteiger partial charge on any atom is 0.143 e. The highest BCUT2D eigenvalue weighted by Crippen LogP contribution is 2.47. The smallest absolute Gasteiger partial charge is 0.143 e. The molecule has 2 atom stereocenters. The van der Waals surface area contributed by atoms with Crippen molar-refractivity contribution in [3.05, 3.63) is 87.5 Å². The Kier molecular flexibility index (Phi) is 10.7. The van der Waals surface area contributed by atoms with Gasteiger partial charge in [0.15, 0.2) is 0 Å². The van der Waals surface area contributed by atoms with E-state index in [2.05, 4.69) is 105 Å². The lowest BCUT2D eigenvalue weighted by Crippen LogP contribution is -2.40. The van der Waals surface area contributed by atoms with Crippen molar-refractivity contribution in [2.45, 2.75) is 82.8 Å². The van der Waals surface area contributed by atoms with Gasteiger partial charge in [0.2, 0.25) is 0 Å². The molecule has 7 rings (SSSR count). The molecule has 0 spiro atoms. The first-order valence-electron chi connectivity index (χ1n) is 17.8. The highest BCUT2D eigenvalue weighted by Gasteiger charge is 2.30. The van der Waals surface area contributed by atoms with E-state index in [0.717, 1.165) is 50.0 Å². The zero-order valence-corrected chi connectivity index (χ0v) is 29.3. The number of ether oxygens (including phenoxy) is 3. The second-order valence-corrected chi connectivity index (χ2v) is 14.8. The maximum absolute atomic E-state index is 6.85. The quantitative estimate of drug-likeness (QED) is 0.184. The van der Waals surface area contributed by atoms with Gasteiger partial charge in [-0.3, -0.25) is 4.90 Å². The van der Waals surface area contributed by atoms with Crippen LogP contribution in [-0.2, 0) is 0 Å². The topological polar surface area (TPSA) is 34.2 Å². The highest BCUT2D eigenvalue weighted by atomic mass is 127. The molecule has 5 nitrogen and oxygen atoms in total. The van der Waals surface area contributed by atoms with Crippen LogP contribution in [0.1, 0.15) is 87.9 Å². The van der Waals surface area contributed by atoms with Crippen molar-refractivity contribution >= 4 is 33.9 Å². The summed E-state index contributed by atoms with van der Waals surface area (Å²) in [5.41, 5.74) is 5.25. The third-order valence-electron chi connectivity index (χ3n) is 10.5. The molecule has 1 aliphatic carbocycles. The summed E-state index contributed by atoms with van der Waals surface area (Å²) in [6.45, 7) is 5.99. The highest BCUT2D eigenvalue weighted by molar-refractivity contribution is 14.1. The second-order valence-electron chi connectivity index (χ2n) is 13.6. The molecule has 3 heterocycles. The zero-order chi connectivity index (χ0) is 31.1. The van der Waals surface area contributed by atoms with Crippen LogP contribution in [0.15, 0.2) is 72.8 Å². The van der Waals surface area contributed by atoms with Crippen molar-refractivity contribution in [1.29, 1.82) is 0 Å². The molecule has 3 aromatic rings. The predicted molar refractivity (Wildman–Crippen MR) is 196 cm³/mol. The summed E-state index contributed by atoms with van der Waals surface area (Å²) in [4.78, 5) is 5.14. The van der Waals surface area contributed by atoms with Crippen molar-refractivity contribution in [2.75, 3.05) is 44.3 Å². The van der Waals surface area contributed by atoms with E-state index in [4.69, 9.17) is 14.2 Å². The first-order chi connectivity index (χ1) is 22.7. The third kappa shape index (κ3) is 7.87. The molecule has 3 aromatic carbocycles. The minimum atomic E-state index is -0.0831. The first-order valence-corrected chi connectivity index (χ1v) is 18.9. The van der Waals surface area contributed by atoms with Gasteiger partial charge in [0.1, 0.15) is 30.0 Å². The van der Waals surface area contributed by atoms with Crippen LogP contribution in [-0.4, -0.2) is 50.3 Å². The average Bonchev–Trinajstić information content (AvgIpc) is 3.65. The summed E-state index contributed by atoms with van der Waals surface area (Å²) in [5, 5.41) is 0. The molecule has 0 N–H and O–H groups in total. The van der Waals surface area contributed by atoms with Gasteiger partial charge in [-0.25, -0.2) is 0 Å². The molecule has 0 amide bonds. The lowest BCUT2D eigenvalue weighted by atomic mass is 9.86. The molecule has 3 fully saturated rings. The Hall–Kier alpha value is -2.71.